The largest absolute Gasteiger partial charge is 0.411 e. The van der Waals surface area contributed by atoms with Crippen molar-refractivity contribution in [2.75, 3.05) is 0 Å². The molecule has 0 aromatic heterocycles. The molecular formula is C15H18O3P+. The highest BCUT2D eigenvalue weighted by atomic mass is 31.2. The molecular weight excluding hydrogens is 259 g/mol. The Morgan fingerprint density at radius 2 is 1.53 bits per heavy atom. The fourth-order valence-electron chi connectivity index (χ4n) is 1.73. The molecule has 0 aliphatic rings. The van der Waals surface area contributed by atoms with Gasteiger partial charge in [0.15, 0.2) is 6.16 Å². The van der Waals surface area contributed by atoms with Gasteiger partial charge in [0.05, 0.1) is 0 Å². The third-order valence-electron chi connectivity index (χ3n) is 2.79. The van der Waals surface area contributed by atoms with Crippen LogP contribution in [-0.2, 0) is 17.3 Å². The maximum atomic E-state index is 9.94. The van der Waals surface area contributed by atoms with E-state index in [0.29, 0.717) is 0 Å². The van der Waals surface area contributed by atoms with Gasteiger partial charge < -0.3 is 0 Å². The van der Waals surface area contributed by atoms with Gasteiger partial charge in [-0.25, -0.2) is 0 Å². The van der Waals surface area contributed by atoms with Crippen LogP contribution in [0.1, 0.15) is 16.7 Å². The third kappa shape index (κ3) is 4.73. The first-order valence-electron chi connectivity index (χ1n) is 6.13. The molecule has 0 saturated heterocycles. The van der Waals surface area contributed by atoms with E-state index in [1.807, 2.05) is 61.5 Å². The van der Waals surface area contributed by atoms with Gasteiger partial charge >= 0.3 is 7.94 Å². The SMILES string of the molecule is Cc1ccc(C[P+](O)(O)OCc2ccccc2)cc1. The van der Waals surface area contributed by atoms with Gasteiger partial charge in [0.2, 0.25) is 0 Å². The van der Waals surface area contributed by atoms with E-state index in [1.54, 1.807) is 0 Å². The van der Waals surface area contributed by atoms with Crippen LogP contribution in [-0.4, -0.2) is 9.79 Å². The predicted octanol–water partition coefficient (Wildman–Crippen LogP) is 3.46. The third-order valence-corrected chi connectivity index (χ3v) is 4.11. The van der Waals surface area contributed by atoms with E-state index in [9.17, 15) is 9.79 Å². The van der Waals surface area contributed by atoms with Crippen molar-refractivity contribution in [2.24, 2.45) is 0 Å². The average molecular weight is 277 g/mol. The van der Waals surface area contributed by atoms with Crippen molar-refractivity contribution in [3.05, 3.63) is 71.3 Å². The molecule has 0 aliphatic heterocycles. The van der Waals surface area contributed by atoms with Crippen molar-refractivity contribution in [1.29, 1.82) is 0 Å². The van der Waals surface area contributed by atoms with E-state index in [0.717, 1.165) is 16.7 Å². The van der Waals surface area contributed by atoms with Gasteiger partial charge in [0, 0.05) is 0 Å². The summed E-state index contributed by atoms with van der Waals surface area (Å²) >= 11 is 0. The smallest absolute Gasteiger partial charge is 0.192 e. The molecule has 100 valence electrons. The molecule has 3 nitrogen and oxygen atoms in total. The summed E-state index contributed by atoms with van der Waals surface area (Å²) in [5.41, 5.74) is 2.95. The molecule has 19 heavy (non-hydrogen) atoms. The maximum Gasteiger partial charge on any atom is 0.411 e. The number of hydrogen-bond acceptors (Lipinski definition) is 3. The molecule has 0 heterocycles. The molecule has 4 heteroatoms. The van der Waals surface area contributed by atoms with Crippen molar-refractivity contribution >= 4 is 7.94 Å². The van der Waals surface area contributed by atoms with Gasteiger partial charge in [-0.3, -0.25) is 0 Å². The van der Waals surface area contributed by atoms with E-state index in [2.05, 4.69) is 0 Å². The Kier molecular flexibility index (Phi) is 4.67. The zero-order chi connectivity index (χ0) is 13.7. The number of rotatable bonds is 5. The monoisotopic (exact) mass is 277 g/mol. The Balaban J connectivity index is 1.93. The standard InChI is InChI=1S/C15H18O3P/c1-13-7-9-15(10-8-13)12-19(16,17)18-11-14-5-3-2-4-6-14/h2-10,16-17H,11-12H2,1H3/q+1. The van der Waals surface area contributed by atoms with E-state index < -0.39 is 7.94 Å². The number of aryl methyl sites for hydroxylation is 1. The van der Waals surface area contributed by atoms with Crippen LogP contribution in [0.3, 0.4) is 0 Å². The van der Waals surface area contributed by atoms with Gasteiger partial charge in [-0.15, -0.1) is 0 Å². The first kappa shape index (κ1) is 14.2. The summed E-state index contributed by atoms with van der Waals surface area (Å²) in [7, 11) is -3.34. The van der Waals surface area contributed by atoms with Gasteiger partial charge in [0.1, 0.15) is 6.61 Å². The van der Waals surface area contributed by atoms with Crippen LogP contribution in [0.4, 0.5) is 0 Å². The highest BCUT2D eigenvalue weighted by Gasteiger charge is 2.35. The van der Waals surface area contributed by atoms with Crippen LogP contribution in [0.25, 0.3) is 0 Å². The molecule has 2 N–H and O–H groups in total. The predicted molar refractivity (Wildman–Crippen MR) is 77.5 cm³/mol. The molecule has 0 radical (unpaired) electrons. The fourth-order valence-corrected chi connectivity index (χ4v) is 2.86. The summed E-state index contributed by atoms with van der Waals surface area (Å²) in [6, 6.07) is 17.2. The molecule has 2 rings (SSSR count). The molecule has 0 saturated carbocycles. The van der Waals surface area contributed by atoms with Crippen molar-refractivity contribution in [3.63, 3.8) is 0 Å². The number of hydrogen-bond donors (Lipinski definition) is 2. The van der Waals surface area contributed by atoms with E-state index in [-0.39, 0.29) is 12.8 Å². The molecule has 0 spiro atoms. The Bertz CT molecular complexity index is 509. The summed E-state index contributed by atoms with van der Waals surface area (Å²) < 4.78 is 5.27. The van der Waals surface area contributed by atoms with Gasteiger partial charge in [0.25, 0.3) is 0 Å². The summed E-state index contributed by atoms with van der Waals surface area (Å²) in [5, 5.41) is 0. The van der Waals surface area contributed by atoms with Crippen molar-refractivity contribution in [3.8, 4) is 0 Å². The van der Waals surface area contributed by atoms with Crippen molar-refractivity contribution < 1.29 is 14.3 Å². The van der Waals surface area contributed by atoms with E-state index >= 15 is 0 Å². The lowest BCUT2D eigenvalue weighted by atomic mass is 10.2. The minimum absolute atomic E-state index is 0.153. The topological polar surface area (TPSA) is 49.7 Å². The Labute approximate surface area is 114 Å². The van der Waals surface area contributed by atoms with Crippen LogP contribution in [0.5, 0.6) is 0 Å². The Morgan fingerprint density at radius 3 is 2.16 bits per heavy atom. The molecule has 2 aromatic carbocycles. The van der Waals surface area contributed by atoms with Crippen LogP contribution in [0.15, 0.2) is 54.6 Å². The van der Waals surface area contributed by atoms with Crippen molar-refractivity contribution in [2.45, 2.75) is 19.7 Å². The highest BCUT2D eigenvalue weighted by Crippen LogP contribution is 2.54. The van der Waals surface area contributed by atoms with Crippen LogP contribution in [0, 0.1) is 6.92 Å². The van der Waals surface area contributed by atoms with Crippen LogP contribution >= 0.6 is 7.94 Å². The molecule has 0 atom stereocenters. The van der Waals surface area contributed by atoms with Crippen LogP contribution in [0.2, 0.25) is 0 Å². The summed E-state index contributed by atoms with van der Waals surface area (Å²) in [6.07, 6.45) is 0.153. The van der Waals surface area contributed by atoms with Gasteiger partial charge in [-0.05, 0) is 18.1 Å². The maximum absolute atomic E-state index is 9.94. The molecule has 0 unspecified atom stereocenters. The minimum Gasteiger partial charge on any atom is -0.192 e. The lowest BCUT2D eigenvalue weighted by Crippen LogP contribution is -2.01. The molecule has 0 amide bonds. The fraction of sp³-hybridized carbons (Fsp3) is 0.200. The molecule has 2 aromatic rings. The Hall–Kier alpha value is -1.25. The zero-order valence-corrected chi connectivity index (χ0v) is 11.8. The summed E-state index contributed by atoms with van der Waals surface area (Å²) in [6.45, 7) is 2.21. The Morgan fingerprint density at radius 1 is 0.895 bits per heavy atom. The van der Waals surface area contributed by atoms with Crippen molar-refractivity contribution in [1.82, 2.24) is 0 Å². The minimum atomic E-state index is -3.34. The quantitative estimate of drug-likeness (QED) is 0.823. The molecule has 0 bridgehead atoms. The normalized spacial score (nSPS) is 11.5. The lowest BCUT2D eigenvalue weighted by molar-refractivity contribution is 0.218. The van der Waals surface area contributed by atoms with Gasteiger partial charge in [-0.1, -0.05) is 60.2 Å². The number of benzene rings is 2. The second-order valence-corrected chi connectivity index (χ2v) is 6.47. The first-order valence-corrected chi connectivity index (χ1v) is 7.92. The highest BCUT2D eigenvalue weighted by molar-refractivity contribution is 7.58. The second-order valence-electron chi connectivity index (χ2n) is 4.57. The summed E-state index contributed by atoms with van der Waals surface area (Å²) in [5.74, 6) is 0. The molecule has 0 fully saturated rings. The summed E-state index contributed by atoms with van der Waals surface area (Å²) in [4.78, 5) is 19.9. The zero-order valence-electron chi connectivity index (χ0n) is 10.9. The lowest BCUT2D eigenvalue weighted by Gasteiger charge is -2.11. The van der Waals surface area contributed by atoms with E-state index in [1.165, 1.54) is 0 Å². The second kappa shape index (κ2) is 6.27. The van der Waals surface area contributed by atoms with Gasteiger partial charge in [-0.2, -0.15) is 14.3 Å². The average Bonchev–Trinajstić information content (AvgIpc) is 2.40. The first-order chi connectivity index (χ1) is 9.05. The van der Waals surface area contributed by atoms with Crippen LogP contribution < -0.4 is 0 Å². The molecule has 0 aliphatic carbocycles. The van der Waals surface area contributed by atoms with E-state index in [4.69, 9.17) is 4.52 Å².